The number of thioether (sulfide) groups is 1. The molecular weight excluding hydrogens is 410 g/mol. The van der Waals surface area contributed by atoms with Crippen LogP contribution in [0.25, 0.3) is 16.8 Å². The molecule has 1 saturated heterocycles. The summed E-state index contributed by atoms with van der Waals surface area (Å²) in [5, 5.41) is 2.73. The largest absolute Gasteiger partial charge is 0.493 e. The van der Waals surface area contributed by atoms with E-state index in [1.165, 1.54) is 16.7 Å². The number of hydrogen-bond donors (Lipinski definition) is 0. The Morgan fingerprint density at radius 2 is 1.86 bits per heavy atom. The van der Waals surface area contributed by atoms with Crippen LogP contribution in [0.1, 0.15) is 12.5 Å². The van der Waals surface area contributed by atoms with Crippen LogP contribution in [0, 0.1) is 0 Å². The Morgan fingerprint density at radius 3 is 2.61 bits per heavy atom. The molecule has 0 N–H and O–H groups in total. The van der Waals surface area contributed by atoms with Crippen molar-refractivity contribution in [2.45, 2.75) is 6.92 Å². The Hall–Kier alpha value is -2.34. The van der Waals surface area contributed by atoms with Crippen molar-refractivity contribution in [3.05, 3.63) is 76.2 Å². The molecule has 1 amide bonds. The van der Waals surface area contributed by atoms with E-state index >= 15 is 0 Å². The normalized spacial score (nSPS) is 15.6. The first-order valence-corrected chi connectivity index (χ1v) is 10.4. The summed E-state index contributed by atoms with van der Waals surface area (Å²) in [6.45, 7) is 2.49. The number of amides is 1. The molecule has 0 aliphatic carbocycles. The molecule has 6 heteroatoms. The molecule has 1 heterocycles. The van der Waals surface area contributed by atoms with Crippen molar-refractivity contribution < 1.29 is 9.53 Å². The van der Waals surface area contributed by atoms with Crippen molar-refractivity contribution >= 4 is 68.3 Å². The summed E-state index contributed by atoms with van der Waals surface area (Å²) in [5.74, 6) is 0.602. The van der Waals surface area contributed by atoms with E-state index in [1.54, 1.807) is 24.3 Å². The van der Waals surface area contributed by atoms with Gasteiger partial charge in [-0.05, 0) is 54.1 Å². The lowest BCUT2D eigenvalue weighted by molar-refractivity contribution is -0.113. The van der Waals surface area contributed by atoms with E-state index in [-0.39, 0.29) is 5.91 Å². The van der Waals surface area contributed by atoms with Crippen molar-refractivity contribution in [1.82, 2.24) is 0 Å². The second-order valence-corrected chi connectivity index (χ2v) is 8.24. The van der Waals surface area contributed by atoms with Crippen molar-refractivity contribution in [1.29, 1.82) is 0 Å². The molecule has 0 spiro atoms. The summed E-state index contributed by atoms with van der Waals surface area (Å²) in [6.07, 6.45) is 1.88. The van der Waals surface area contributed by atoms with Crippen LogP contribution in [0.2, 0.25) is 5.02 Å². The van der Waals surface area contributed by atoms with Crippen LogP contribution >= 0.6 is 35.6 Å². The van der Waals surface area contributed by atoms with Gasteiger partial charge in [0.1, 0.15) is 5.75 Å². The Bertz CT molecular complexity index is 1110. The van der Waals surface area contributed by atoms with E-state index in [0.717, 1.165) is 22.1 Å². The van der Waals surface area contributed by atoms with Gasteiger partial charge in [-0.3, -0.25) is 9.69 Å². The van der Waals surface area contributed by atoms with Gasteiger partial charge in [0, 0.05) is 10.6 Å². The molecule has 1 aliphatic heterocycles. The fraction of sp³-hybridized carbons (Fsp3) is 0.0909. The third kappa shape index (κ3) is 3.53. The zero-order valence-corrected chi connectivity index (χ0v) is 17.4. The van der Waals surface area contributed by atoms with Crippen molar-refractivity contribution in [3.8, 4) is 5.75 Å². The molecule has 3 aromatic carbocycles. The molecule has 1 fully saturated rings. The van der Waals surface area contributed by atoms with Gasteiger partial charge in [0.2, 0.25) is 0 Å². The Kier molecular flexibility index (Phi) is 5.40. The molecule has 0 aromatic heterocycles. The number of hydrogen-bond acceptors (Lipinski definition) is 4. The average Bonchev–Trinajstić information content (AvgIpc) is 2.98. The Morgan fingerprint density at radius 1 is 1.11 bits per heavy atom. The van der Waals surface area contributed by atoms with Gasteiger partial charge in [-0.25, -0.2) is 0 Å². The van der Waals surface area contributed by atoms with Crippen LogP contribution in [0.3, 0.4) is 0 Å². The first-order valence-electron chi connectivity index (χ1n) is 8.76. The van der Waals surface area contributed by atoms with Gasteiger partial charge in [0.25, 0.3) is 5.91 Å². The molecule has 140 valence electrons. The molecule has 3 nitrogen and oxygen atoms in total. The van der Waals surface area contributed by atoms with Crippen LogP contribution in [0.4, 0.5) is 5.69 Å². The lowest BCUT2D eigenvalue weighted by Gasteiger charge is -2.14. The first-order chi connectivity index (χ1) is 13.6. The molecule has 1 aliphatic rings. The van der Waals surface area contributed by atoms with Gasteiger partial charge < -0.3 is 4.74 Å². The number of nitrogens with zero attached hydrogens (tertiary/aromatic N) is 1. The number of benzene rings is 3. The van der Waals surface area contributed by atoms with E-state index in [4.69, 9.17) is 28.6 Å². The molecular formula is C22H16ClNO2S2. The van der Waals surface area contributed by atoms with Gasteiger partial charge in [0.05, 0.1) is 17.2 Å². The van der Waals surface area contributed by atoms with Gasteiger partial charge in [-0.15, -0.1) is 0 Å². The number of fused-ring (bicyclic) bond motifs is 1. The van der Waals surface area contributed by atoms with E-state index in [9.17, 15) is 4.79 Å². The predicted octanol–water partition coefficient (Wildman–Crippen LogP) is 6.30. The highest BCUT2D eigenvalue weighted by molar-refractivity contribution is 8.27. The summed E-state index contributed by atoms with van der Waals surface area (Å²) in [7, 11) is 0. The van der Waals surface area contributed by atoms with Crippen LogP contribution in [-0.4, -0.2) is 16.8 Å². The number of carbonyl (C=O) groups excluding carboxylic acids is 1. The van der Waals surface area contributed by atoms with Crippen LogP contribution in [0.15, 0.2) is 65.6 Å². The quantitative estimate of drug-likeness (QED) is 0.362. The number of carbonyl (C=O) groups is 1. The van der Waals surface area contributed by atoms with Crippen molar-refractivity contribution in [3.63, 3.8) is 0 Å². The topological polar surface area (TPSA) is 29.5 Å². The zero-order valence-electron chi connectivity index (χ0n) is 15.0. The van der Waals surface area contributed by atoms with E-state index in [2.05, 4.69) is 0 Å². The van der Waals surface area contributed by atoms with Crippen molar-refractivity contribution in [2.75, 3.05) is 11.5 Å². The highest BCUT2D eigenvalue weighted by atomic mass is 35.5. The summed E-state index contributed by atoms with van der Waals surface area (Å²) >= 11 is 12.7. The van der Waals surface area contributed by atoms with Gasteiger partial charge in [0.15, 0.2) is 4.32 Å². The van der Waals surface area contributed by atoms with Crippen LogP contribution < -0.4 is 9.64 Å². The lowest BCUT2D eigenvalue weighted by atomic mass is 10.0. The fourth-order valence-electron chi connectivity index (χ4n) is 3.12. The lowest BCUT2D eigenvalue weighted by Crippen LogP contribution is -2.27. The minimum absolute atomic E-state index is 0.146. The highest BCUT2D eigenvalue weighted by Crippen LogP contribution is 2.39. The van der Waals surface area contributed by atoms with E-state index in [1.807, 2.05) is 49.4 Å². The van der Waals surface area contributed by atoms with Crippen LogP contribution in [-0.2, 0) is 4.79 Å². The second-order valence-electron chi connectivity index (χ2n) is 6.13. The summed E-state index contributed by atoms with van der Waals surface area (Å²) in [6, 6.07) is 19.1. The highest BCUT2D eigenvalue weighted by Gasteiger charge is 2.33. The summed E-state index contributed by atoms with van der Waals surface area (Å²) in [5.41, 5.74) is 1.59. The second kappa shape index (κ2) is 7.95. The third-order valence-corrected chi connectivity index (χ3v) is 5.94. The molecule has 28 heavy (non-hydrogen) atoms. The number of ether oxygens (including phenoxy) is 1. The molecule has 0 bridgehead atoms. The average molecular weight is 426 g/mol. The number of halogens is 1. The number of anilines is 1. The maximum absolute atomic E-state index is 13.1. The fourth-order valence-corrected chi connectivity index (χ4v) is 4.52. The monoisotopic (exact) mass is 425 g/mol. The van der Waals surface area contributed by atoms with Crippen LogP contribution in [0.5, 0.6) is 5.75 Å². The number of thiocarbonyl (C=S) groups is 1. The van der Waals surface area contributed by atoms with Gasteiger partial charge in [-0.1, -0.05) is 65.9 Å². The molecule has 0 radical (unpaired) electrons. The summed E-state index contributed by atoms with van der Waals surface area (Å²) in [4.78, 5) is 15.2. The maximum Gasteiger partial charge on any atom is 0.270 e. The van der Waals surface area contributed by atoms with E-state index in [0.29, 0.717) is 26.5 Å². The summed E-state index contributed by atoms with van der Waals surface area (Å²) < 4.78 is 6.31. The molecule has 3 aromatic rings. The standard InChI is InChI=1S/C22H16ClNO2S2/c1-2-26-19-12-7-14-5-3-4-6-17(14)18(19)13-20-21(25)24(22(27)28-20)16-10-8-15(23)9-11-16/h3-13H,2H2,1H3/b20-13-. The Labute approximate surface area is 177 Å². The molecule has 0 unspecified atom stereocenters. The third-order valence-electron chi connectivity index (χ3n) is 4.38. The van der Waals surface area contributed by atoms with Gasteiger partial charge in [-0.2, -0.15) is 0 Å². The zero-order chi connectivity index (χ0) is 19.7. The minimum atomic E-state index is -0.146. The molecule has 4 rings (SSSR count). The number of rotatable bonds is 4. The van der Waals surface area contributed by atoms with Gasteiger partial charge >= 0.3 is 0 Å². The first kappa shape index (κ1) is 19.0. The maximum atomic E-state index is 13.1. The minimum Gasteiger partial charge on any atom is -0.493 e. The smallest absolute Gasteiger partial charge is 0.270 e. The molecule has 0 atom stereocenters. The van der Waals surface area contributed by atoms with E-state index < -0.39 is 0 Å². The SMILES string of the molecule is CCOc1ccc2ccccc2c1/C=C1\SC(=S)N(c2ccc(Cl)cc2)C1=O. The Balaban J connectivity index is 1.79. The molecule has 0 saturated carbocycles. The van der Waals surface area contributed by atoms with Crippen molar-refractivity contribution in [2.24, 2.45) is 0 Å². The predicted molar refractivity (Wildman–Crippen MR) is 122 cm³/mol.